The Balaban J connectivity index is 1.72. The van der Waals surface area contributed by atoms with Gasteiger partial charge in [-0.1, -0.05) is 20.8 Å². The molecule has 28 heavy (non-hydrogen) atoms. The first-order valence-electron chi connectivity index (χ1n) is 9.43. The first kappa shape index (κ1) is 20.7. The van der Waals surface area contributed by atoms with Crippen LogP contribution in [0.3, 0.4) is 0 Å². The van der Waals surface area contributed by atoms with Gasteiger partial charge >= 0.3 is 5.97 Å². The number of carboxylic acids is 1. The Morgan fingerprint density at radius 3 is 2.68 bits per heavy atom. The second-order valence-corrected chi connectivity index (χ2v) is 13.6. The topological polar surface area (TPSA) is 108 Å². The highest BCUT2D eigenvalue weighted by molar-refractivity contribution is 6.74. The molecule has 3 rings (SSSR count). The predicted octanol–water partition coefficient (Wildman–Crippen LogP) is 2.38. The lowest BCUT2D eigenvalue weighted by Gasteiger charge is -2.36. The molecule has 0 aromatic carbocycles. The summed E-state index contributed by atoms with van der Waals surface area (Å²) in [5.74, 6) is -1.11. The number of aliphatic carboxylic acids is 1. The molecule has 0 radical (unpaired) electrons. The van der Waals surface area contributed by atoms with Crippen molar-refractivity contribution in [2.24, 2.45) is 0 Å². The van der Waals surface area contributed by atoms with Crippen LogP contribution in [0.15, 0.2) is 17.4 Å². The molecule has 2 aromatic rings. The van der Waals surface area contributed by atoms with Crippen molar-refractivity contribution in [2.45, 2.75) is 70.6 Å². The number of ether oxygens (including phenoxy) is 1. The first-order valence-corrected chi connectivity index (χ1v) is 12.3. The van der Waals surface area contributed by atoms with Crippen molar-refractivity contribution in [3.63, 3.8) is 0 Å². The maximum absolute atomic E-state index is 12.4. The molecule has 0 unspecified atom stereocenters. The van der Waals surface area contributed by atoms with Crippen molar-refractivity contribution in [1.82, 2.24) is 19.1 Å². The van der Waals surface area contributed by atoms with Gasteiger partial charge in [-0.15, -0.1) is 0 Å². The summed E-state index contributed by atoms with van der Waals surface area (Å²) in [7, 11) is -1.84. The molecule has 1 aliphatic heterocycles. The lowest BCUT2D eigenvalue weighted by atomic mass is 10.2. The third-order valence-corrected chi connectivity index (χ3v) is 10.2. The van der Waals surface area contributed by atoms with Gasteiger partial charge in [0.15, 0.2) is 19.5 Å². The van der Waals surface area contributed by atoms with E-state index in [1.54, 1.807) is 4.57 Å². The maximum Gasteiger partial charge on any atom is 0.323 e. The number of aromatic nitrogens is 4. The van der Waals surface area contributed by atoms with Crippen LogP contribution in [-0.2, 0) is 20.5 Å². The number of carbonyl (C=O) groups is 1. The van der Waals surface area contributed by atoms with Gasteiger partial charge in [0, 0.05) is 0 Å². The highest BCUT2D eigenvalue weighted by Crippen LogP contribution is 2.38. The van der Waals surface area contributed by atoms with E-state index in [1.807, 2.05) is 0 Å². The Hall–Kier alpha value is -2.04. The number of imidazole rings is 1. The van der Waals surface area contributed by atoms with Crippen molar-refractivity contribution >= 4 is 25.5 Å². The third-order valence-electron chi connectivity index (χ3n) is 5.69. The van der Waals surface area contributed by atoms with Gasteiger partial charge in [0.25, 0.3) is 5.56 Å². The standard InChI is InChI=1S/C18H28N4O5Si/c1-18(2,3)28(4,5)26-9-12-6-7-13(27-12)22-11-19-15-16(22)20-10-21(17(15)25)8-14(23)24/h10-13H,6-9H2,1-5H3,(H,23,24)/t12-,13+/m0/s1. The average molecular weight is 409 g/mol. The number of hydrogen-bond acceptors (Lipinski definition) is 6. The van der Waals surface area contributed by atoms with E-state index >= 15 is 0 Å². The molecule has 1 fully saturated rings. The van der Waals surface area contributed by atoms with E-state index in [0.717, 1.165) is 17.4 Å². The lowest BCUT2D eigenvalue weighted by Crippen LogP contribution is -2.42. The molecule has 1 saturated heterocycles. The molecule has 2 atom stereocenters. The summed E-state index contributed by atoms with van der Waals surface area (Å²) in [6, 6.07) is 0. The van der Waals surface area contributed by atoms with Crippen LogP contribution < -0.4 is 5.56 Å². The molecule has 10 heteroatoms. The Morgan fingerprint density at radius 1 is 1.32 bits per heavy atom. The fourth-order valence-electron chi connectivity index (χ4n) is 2.95. The molecule has 0 amide bonds. The molecule has 0 spiro atoms. The Kier molecular flexibility index (Phi) is 5.48. The van der Waals surface area contributed by atoms with Gasteiger partial charge < -0.3 is 14.3 Å². The second-order valence-electron chi connectivity index (χ2n) is 8.76. The fourth-order valence-corrected chi connectivity index (χ4v) is 3.98. The van der Waals surface area contributed by atoms with Crippen LogP contribution in [0.25, 0.3) is 11.2 Å². The monoisotopic (exact) mass is 408 g/mol. The number of fused-ring (bicyclic) bond motifs is 1. The summed E-state index contributed by atoms with van der Waals surface area (Å²) in [4.78, 5) is 31.6. The number of carboxylic acid groups (broad SMARTS) is 1. The number of rotatable bonds is 6. The third kappa shape index (κ3) is 4.03. The summed E-state index contributed by atoms with van der Waals surface area (Å²) < 4.78 is 15.2. The van der Waals surface area contributed by atoms with Crippen molar-refractivity contribution in [3.05, 3.63) is 23.0 Å². The lowest BCUT2D eigenvalue weighted by molar-refractivity contribution is -0.137. The molecule has 0 aliphatic carbocycles. The maximum atomic E-state index is 12.4. The van der Waals surface area contributed by atoms with Crippen LogP contribution in [-0.4, -0.2) is 51.2 Å². The minimum atomic E-state index is -1.84. The minimum Gasteiger partial charge on any atom is -0.480 e. The quantitative estimate of drug-likeness (QED) is 0.731. The highest BCUT2D eigenvalue weighted by atomic mass is 28.4. The van der Waals surface area contributed by atoms with Gasteiger partial charge in [-0.25, -0.2) is 9.97 Å². The van der Waals surface area contributed by atoms with Crippen LogP contribution in [0.2, 0.25) is 18.1 Å². The minimum absolute atomic E-state index is 0.0102. The van der Waals surface area contributed by atoms with Gasteiger partial charge in [0.1, 0.15) is 19.1 Å². The highest BCUT2D eigenvalue weighted by Gasteiger charge is 2.38. The van der Waals surface area contributed by atoms with Gasteiger partial charge in [-0.05, 0) is 31.0 Å². The van der Waals surface area contributed by atoms with E-state index in [0.29, 0.717) is 12.3 Å². The van der Waals surface area contributed by atoms with Crippen LogP contribution >= 0.6 is 0 Å². The van der Waals surface area contributed by atoms with Gasteiger partial charge in [-0.3, -0.25) is 18.7 Å². The van der Waals surface area contributed by atoms with Crippen LogP contribution in [0.5, 0.6) is 0 Å². The van der Waals surface area contributed by atoms with E-state index in [1.165, 1.54) is 12.7 Å². The number of nitrogens with zero attached hydrogens (tertiary/aromatic N) is 4. The second kappa shape index (κ2) is 7.41. The van der Waals surface area contributed by atoms with Crippen molar-refractivity contribution in [1.29, 1.82) is 0 Å². The van der Waals surface area contributed by atoms with Gasteiger partial charge in [-0.2, -0.15) is 0 Å². The summed E-state index contributed by atoms with van der Waals surface area (Å²) in [5, 5.41) is 9.03. The summed E-state index contributed by atoms with van der Waals surface area (Å²) in [6.07, 6.45) is 4.13. The molecule has 1 N–H and O–H groups in total. The molecule has 3 heterocycles. The summed E-state index contributed by atoms with van der Waals surface area (Å²) in [6.45, 7) is 11.2. The van der Waals surface area contributed by atoms with Gasteiger partial charge in [0.05, 0.1) is 19.0 Å². The first-order chi connectivity index (χ1) is 13.0. The van der Waals surface area contributed by atoms with E-state index in [9.17, 15) is 9.59 Å². The van der Waals surface area contributed by atoms with E-state index in [-0.39, 0.29) is 22.9 Å². The molecular formula is C18H28N4O5Si. The van der Waals surface area contributed by atoms with Crippen molar-refractivity contribution in [2.75, 3.05) is 6.61 Å². The van der Waals surface area contributed by atoms with E-state index in [4.69, 9.17) is 14.3 Å². The Morgan fingerprint density at radius 2 is 2.04 bits per heavy atom. The molecule has 1 aliphatic rings. The Labute approximate surface area is 164 Å². The van der Waals surface area contributed by atoms with E-state index < -0.39 is 26.4 Å². The normalized spacial score (nSPS) is 20.8. The van der Waals surface area contributed by atoms with Crippen LogP contribution in [0, 0.1) is 0 Å². The molecular weight excluding hydrogens is 380 g/mol. The zero-order valence-corrected chi connectivity index (χ0v) is 18.0. The summed E-state index contributed by atoms with van der Waals surface area (Å²) in [5.41, 5.74) is 0.0814. The van der Waals surface area contributed by atoms with Crippen LogP contribution in [0.1, 0.15) is 39.8 Å². The van der Waals surface area contributed by atoms with Crippen molar-refractivity contribution in [3.8, 4) is 0 Å². The fraction of sp³-hybridized carbons (Fsp3) is 0.667. The zero-order chi connectivity index (χ0) is 20.7. The molecule has 9 nitrogen and oxygen atoms in total. The van der Waals surface area contributed by atoms with E-state index in [2.05, 4.69) is 43.8 Å². The number of hydrogen-bond donors (Lipinski definition) is 1. The van der Waals surface area contributed by atoms with Crippen LogP contribution in [0.4, 0.5) is 0 Å². The Bertz CT molecular complexity index is 930. The smallest absolute Gasteiger partial charge is 0.323 e. The molecule has 0 bridgehead atoms. The molecule has 2 aromatic heterocycles. The zero-order valence-electron chi connectivity index (χ0n) is 17.0. The van der Waals surface area contributed by atoms with Crippen molar-refractivity contribution < 1.29 is 19.1 Å². The van der Waals surface area contributed by atoms with Gasteiger partial charge in [0.2, 0.25) is 0 Å². The summed E-state index contributed by atoms with van der Waals surface area (Å²) >= 11 is 0. The average Bonchev–Trinajstić information content (AvgIpc) is 3.21. The predicted molar refractivity (Wildman–Crippen MR) is 106 cm³/mol. The largest absolute Gasteiger partial charge is 0.480 e. The molecule has 154 valence electrons. The SMILES string of the molecule is CC(C)(C)[Si](C)(C)OC[C@@H]1CC[C@H](n2cnc3c(=O)n(CC(=O)O)cnc32)O1. The molecule has 0 saturated carbocycles.